The molecule has 0 aliphatic heterocycles. The van der Waals surface area contributed by atoms with Gasteiger partial charge in [-0.05, 0) is 31.6 Å². The van der Waals surface area contributed by atoms with Crippen molar-refractivity contribution in [3.8, 4) is 0 Å². The third-order valence-electron chi connectivity index (χ3n) is 1.75. The number of nitrogens with two attached hydrogens (primary N) is 1. The molecule has 1 aromatic heterocycles. The number of hydrogen-bond acceptors (Lipinski definition) is 4. The quantitative estimate of drug-likeness (QED) is 0.524. The first-order chi connectivity index (χ1) is 6.93. The smallest absolute Gasteiger partial charge is 0.0278 e. The Morgan fingerprint density at radius 1 is 1.29 bits per heavy atom. The Kier molecular flexibility index (Phi) is 6.40. The van der Waals surface area contributed by atoms with Crippen molar-refractivity contribution in [1.82, 2.24) is 10.3 Å². The first kappa shape index (κ1) is 11.5. The van der Waals surface area contributed by atoms with Gasteiger partial charge in [0.15, 0.2) is 0 Å². The van der Waals surface area contributed by atoms with Crippen LogP contribution in [0.5, 0.6) is 0 Å². The summed E-state index contributed by atoms with van der Waals surface area (Å²) in [4.78, 5) is 5.25. The summed E-state index contributed by atoms with van der Waals surface area (Å²) in [5, 5.41) is 3.34. The Hall–Kier alpha value is -0.580. The number of rotatable bonds is 7. The summed E-state index contributed by atoms with van der Waals surface area (Å²) in [6.45, 7) is 2.82. The summed E-state index contributed by atoms with van der Waals surface area (Å²) >= 11 is 1.84. The lowest BCUT2D eigenvalue weighted by Crippen LogP contribution is -2.20. The second-order valence-electron chi connectivity index (χ2n) is 2.92. The second-order valence-corrected chi connectivity index (χ2v) is 4.09. The van der Waals surface area contributed by atoms with Gasteiger partial charge in [-0.3, -0.25) is 4.98 Å². The number of pyridine rings is 1. The van der Waals surface area contributed by atoms with E-state index in [-0.39, 0.29) is 0 Å². The van der Waals surface area contributed by atoms with Gasteiger partial charge in [0.25, 0.3) is 0 Å². The highest BCUT2D eigenvalue weighted by Crippen LogP contribution is 2.14. The Morgan fingerprint density at radius 2 is 2.07 bits per heavy atom. The fourth-order valence-corrected chi connectivity index (χ4v) is 1.82. The van der Waals surface area contributed by atoms with Gasteiger partial charge in [-0.2, -0.15) is 0 Å². The molecule has 4 heteroatoms. The van der Waals surface area contributed by atoms with Gasteiger partial charge in [0.1, 0.15) is 0 Å². The number of aromatic nitrogens is 1. The van der Waals surface area contributed by atoms with Crippen LogP contribution >= 0.6 is 11.8 Å². The van der Waals surface area contributed by atoms with Gasteiger partial charge in [-0.1, -0.05) is 0 Å². The molecule has 0 aromatic carbocycles. The summed E-state index contributed by atoms with van der Waals surface area (Å²) in [5.41, 5.74) is 5.38. The summed E-state index contributed by atoms with van der Waals surface area (Å²) in [5.74, 6) is 1.09. The van der Waals surface area contributed by atoms with Crippen molar-refractivity contribution in [2.75, 3.05) is 25.4 Å². The minimum Gasteiger partial charge on any atom is -0.330 e. The maximum Gasteiger partial charge on any atom is 0.0278 e. The predicted molar refractivity (Wildman–Crippen MR) is 61.5 cm³/mol. The van der Waals surface area contributed by atoms with Crippen molar-refractivity contribution in [1.29, 1.82) is 0 Å². The summed E-state index contributed by atoms with van der Waals surface area (Å²) in [6.07, 6.45) is 4.70. The van der Waals surface area contributed by atoms with Crippen molar-refractivity contribution < 1.29 is 0 Å². The third kappa shape index (κ3) is 5.21. The van der Waals surface area contributed by atoms with Crippen molar-refractivity contribution >= 4 is 11.8 Å². The molecule has 0 radical (unpaired) electrons. The van der Waals surface area contributed by atoms with E-state index in [4.69, 9.17) is 5.73 Å². The van der Waals surface area contributed by atoms with Crippen LogP contribution in [-0.2, 0) is 0 Å². The molecule has 1 rings (SSSR count). The van der Waals surface area contributed by atoms with Gasteiger partial charge in [-0.15, -0.1) is 11.8 Å². The molecule has 0 spiro atoms. The summed E-state index contributed by atoms with van der Waals surface area (Å²) in [7, 11) is 0. The molecule has 0 unspecified atom stereocenters. The molecule has 14 heavy (non-hydrogen) atoms. The molecular weight excluding hydrogens is 194 g/mol. The first-order valence-electron chi connectivity index (χ1n) is 4.87. The average Bonchev–Trinajstić information content (AvgIpc) is 2.25. The Bertz CT molecular complexity index is 228. The topological polar surface area (TPSA) is 50.9 Å². The van der Waals surface area contributed by atoms with E-state index >= 15 is 0 Å². The molecule has 78 valence electrons. The summed E-state index contributed by atoms with van der Waals surface area (Å²) < 4.78 is 0. The Morgan fingerprint density at radius 3 is 2.79 bits per heavy atom. The standard InChI is InChI=1S/C10H17N3S/c11-4-1-5-12-8-9-14-10-2-6-13-7-3-10/h2-3,6-7,12H,1,4-5,8-9,11H2. The van der Waals surface area contributed by atoms with Crippen LogP contribution in [0, 0.1) is 0 Å². The van der Waals surface area contributed by atoms with Crippen molar-refractivity contribution in [2.45, 2.75) is 11.3 Å². The van der Waals surface area contributed by atoms with Gasteiger partial charge in [-0.25, -0.2) is 0 Å². The highest BCUT2D eigenvalue weighted by molar-refractivity contribution is 7.99. The highest BCUT2D eigenvalue weighted by Gasteiger charge is 1.91. The van der Waals surface area contributed by atoms with E-state index in [1.807, 2.05) is 36.3 Å². The zero-order valence-corrected chi connectivity index (χ0v) is 9.09. The van der Waals surface area contributed by atoms with Crippen LogP contribution in [-0.4, -0.2) is 30.4 Å². The molecule has 0 bridgehead atoms. The fraction of sp³-hybridized carbons (Fsp3) is 0.500. The number of hydrogen-bond donors (Lipinski definition) is 2. The molecule has 0 aliphatic carbocycles. The van der Waals surface area contributed by atoms with Crippen LogP contribution < -0.4 is 11.1 Å². The molecule has 0 atom stereocenters. The van der Waals surface area contributed by atoms with E-state index in [1.54, 1.807) is 0 Å². The van der Waals surface area contributed by atoms with Gasteiger partial charge < -0.3 is 11.1 Å². The maximum atomic E-state index is 5.38. The van der Waals surface area contributed by atoms with Crippen LogP contribution in [0.15, 0.2) is 29.4 Å². The van der Waals surface area contributed by atoms with Crippen molar-refractivity contribution in [3.63, 3.8) is 0 Å². The van der Waals surface area contributed by atoms with E-state index in [0.29, 0.717) is 0 Å². The SMILES string of the molecule is NCCCNCCSc1ccncc1. The fourth-order valence-electron chi connectivity index (χ4n) is 1.03. The minimum atomic E-state index is 0.768. The van der Waals surface area contributed by atoms with E-state index in [0.717, 1.165) is 31.8 Å². The van der Waals surface area contributed by atoms with Crippen molar-refractivity contribution in [2.24, 2.45) is 5.73 Å². The third-order valence-corrected chi connectivity index (χ3v) is 2.77. The van der Waals surface area contributed by atoms with Crippen molar-refractivity contribution in [3.05, 3.63) is 24.5 Å². The zero-order valence-electron chi connectivity index (χ0n) is 8.28. The molecule has 1 heterocycles. The molecule has 1 aromatic rings. The number of thioether (sulfide) groups is 1. The molecule has 0 aliphatic rings. The minimum absolute atomic E-state index is 0.768. The van der Waals surface area contributed by atoms with Gasteiger partial charge in [0, 0.05) is 29.6 Å². The first-order valence-corrected chi connectivity index (χ1v) is 5.85. The predicted octanol–water partition coefficient (Wildman–Crippen LogP) is 1.11. The lowest BCUT2D eigenvalue weighted by molar-refractivity contribution is 0.683. The average molecular weight is 211 g/mol. The highest BCUT2D eigenvalue weighted by atomic mass is 32.2. The largest absolute Gasteiger partial charge is 0.330 e. The van der Waals surface area contributed by atoms with Gasteiger partial charge in [0.2, 0.25) is 0 Å². The van der Waals surface area contributed by atoms with Gasteiger partial charge >= 0.3 is 0 Å². The van der Waals surface area contributed by atoms with Gasteiger partial charge in [0.05, 0.1) is 0 Å². The van der Waals surface area contributed by atoms with E-state index in [2.05, 4.69) is 10.3 Å². The van der Waals surface area contributed by atoms with E-state index in [1.165, 1.54) is 4.90 Å². The van der Waals surface area contributed by atoms with E-state index < -0.39 is 0 Å². The molecule has 0 saturated heterocycles. The molecule has 0 saturated carbocycles. The number of nitrogens with one attached hydrogen (secondary N) is 1. The zero-order chi connectivity index (χ0) is 10.1. The molecule has 0 amide bonds. The molecule has 3 N–H and O–H groups in total. The Labute approximate surface area is 89.5 Å². The van der Waals surface area contributed by atoms with E-state index in [9.17, 15) is 0 Å². The molecule has 0 fully saturated rings. The molecular formula is C10H17N3S. The number of nitrogens with zero attached hydrogens (tertiary/aromatic N) is 1. The van der Waals surface area contributed by atoms with Crippen LogP contribution in [0.1, 0.15) is 6.42 Å². The lowest BCUT2D eigenvalue weighted by atomic mass is 10.4. The second kappa shape index (κ2) is 7.79. The van der Waals surface area contributed by atoms with Crippen LogP contribution in [0.2, 0.25) is 0 Å². The summed E-state index contributed by atoms with van der Waals surface area (Å²) in [6, 6.07) is 4.06. The normalized spacial score (nSPS) is 10.4. The van der Waals surface area contributed by atoms with Crippen LogP contribution in [0.3, 0.4) is 0 Å². The Balaban J connectivity index is 1.99. The lowest BCUT2D eigenvalue weighted by Gasteiger charge is -2.03. The molecule has 3 nitrogen and oxygen atoms in total. The van der Waals surface area contributed by atoms with Crippen LogP contribution in [0.25, 0.3) is 0 Å². The monoisotopic (exact) mass is 211 g/mol. The maximum absolute atomic E-state index is 5.38. The van der Waals surface area contributed by atoms with Crippen LogP contribution in [0.4, 0.5) is 0 Å².